The van der Waals surface area contributed by atoms with Gasteiger partial charge in [0, 0.05) is 29.7 Å². The molecular weight excluding hydrogens is 246 g/mol. The Labute approximate surface area is 110 Å². The van der Waals surface area contributed by atoms with Crippen molar-refractivity contribution in [3.8, 4) is 0 Å². The van der Waals surface area contributed by atoms with E-state index in [4.69, 9.17) is 5.73 Å². The van der Waals surface area contributed by atoms with Gasteiger partial charge in [-0.15, -0.1) is 0 Å². The molecule has 0 aliphatic carbocycles. The largest absolute Gasteiger partial charge is 0.632 e. The molecule has 0 saturated carbocycles. The summed E-state index contributed by atoms with van der Waals surface area (Å²) in [5.74, 6) is -0.762. The van der Waals surface area contributed by atoms with Crippen LogP contribution < -0.4 is 11.1 Å². The van der Waals surface area contributed by atoms with Gasteiger partial charge < -0.3 is 15.6 Å². The second-order valence-corrected chi connectivity index (χ2v) is 5.22. The maximum absolute atomic E-state index is 12.9. The van der Waals surface area contributed by atoms with Gasteiger partial charge in [-0.05, 0) is 6.07 Å². The van der Waals surface area contributed by atoms with Gasteiger partial charge in [0.2, 0.25) is 5.91 Å². The van der Waals surface area contributed by atoms with Gasteiger partial charge in [0.05, 0.1) is 0 Å². The number of nitrogen functional groups attached to an aromatic ring is 1. The van der Waals surface area contributed by atoms with Gasteiger partial charge in [-0.1, -0.05) is 12.1 Å². The Morgan fingerprint density at radius 2 is 2.11 bits per heavy atom. The first kappa shape index (κ1) is 12.1. The summed E-state index contributed by atoms with van der Waals surface area (Å²) in [7, 11) is 0. The predicted octanol–water partition coefficient (Wildman–Crippen LogP) is 0.402. The van der Waals surface area contributed by atoms with E-state index >= 15 is 0 Å². The van der Waals surface area contributed by atoms with Crippen LogP contribution in [0.15, 0.2) is 18.2 Å². The van der Waals surface area contributed by atoms with E-state index in [1.54, 1.807) is 6.07 Å². The number of nitrogens with zero attached hydrogens (tertiary/aromatic N) is 1. The molecule has 1 saturated heterocycles. The molecule has 3 rings (SSSR count). The average Bonchev–Trinajstić information content (AvgIpc) is 2.68. The van der Waals surface area contributed by atoms with Crippen molar-refractivity contribution in [2.24, 2.45) is 0 Å². The zero-order valence-corrected chi connectivity index (χ0v) is 10.4. The zero-order chi connectivity index (χ0) is 13.6. The van der Waals surface area contributed by atoms with E-state index in [1.807, 2.05) is 12.1 Å². The Balaban J connectivity index is 1.89. The molecule has 2 atom stereocenters. The number of quaternary nitrogens is 1. The van der Waals surface area contributed by atoms with Gasteiger partial charge in [-0.2, -0.15) is 0 Å². The average molecular weight is 261 g/mol. The zero-order valence-electron chi connectivity index (χ0n) is 10.4. The summed E-state index contributed by atoms with van der Waals surface area (Å²) in [6.45, 7) is 0.445. The van der Waals surface area contributed by atoms with E-state index in [2.05, 4.69) is 5.32 Å². The maximum Gasteiger partial charge on any atom is 0.285 e. The molecule has 0 bridgehead atoms. The fraction of sp³-hybridized carbons (Fsp3) is 0.385. The third-order valence-electron chi connectivity index (χ3n) is 3.95. The Kier molecular flexibility index (Phi) is 2.58. The van der Waals surface area contributed by atoms with Gasteiger partial charge in [-0.25, -0.2) is 0 Å². The number of carbonyl (C=O) groups excluding carboxylic acids is 2. The lowest BCUT2D eigenvalue weighted by Crippen LogP contribution is -2.58. The van der Waals surface area contributed by atoms with Crippen LogP contribution in [0, 0.1) is 5.21 Å². The number of imide groups is 1. The van der Waals surface area contributed by atoms with Crippen molar-refractivity contribution in [2.75, 3.05) is 5.73 Å². The highest BCUT2D eigenvalue weighted by atomic mass is 16.5. The van der Waals surface area contributed by atoms with Crippen LogP contribution in [0.1, 0.15) is 24.0 Å². The predicted molar refractivity (Wildman–Crippen MR) is 68.1 cm³/mol. The van der Waals surface area contributed by atoms with Crippen molar-refractivity contribution < 1.29 is 14.2 Å². The first-order valence-electron chi connectivity index (χ1n) is 6.27. The number of benzene rings is 1. The van der Waals surface area contributed by atoms with Crippen LogP contribution in [0.2, 0.25) is 0 Å². The molecule has 6 nitrogen and oxygen atoms in total. The van der Waals surface area contributed by atoms with Crippen LogP contribution >= 0.6 is 0 Å². The monoisotopic (exact) mass is 261 g/mol. The number of amides is 2. The first-order chi connectivity index (χ1) is 8.99. The molecule has 0 spiro atoms. The van der Waals surface area contributed by atoms with Crippen molar-refractivity contribution in [2.45, 2.75) is 32.0 Å². The highest BCUT2D eigenvalue weighted by molar-refractivity contribution is 5.99. The summed E-state index contributed by atoms with van der Waals surface area (Å²) in [4.78, 5) is 23.0. The fourth-order valence-corrected chi connectivity index (χ4v) is 2.96. The van der Waals surface area contributed by atoms with Gasteiger partial charge in [0.15, 0.2) is 6.04 Å². The molecule has 6 heteroatoms. The van der Waals surface area contributed by atoms with E-state index in [-0.39, 0.29) is 25.4 Å². The molecule has 1 aromatic carbocycles. The normalized spacial score (nSPS) is 30.1. The Bertz CT molecular complexity index is 572. The number of hydrogen-bond donors (Lipinski definition) is 2. The Hall–Kier alpha value is -1.92. The van der Waals surface area contributed by atoms with Crippen molar-refractivity contribution in [3.63, 3.8) is 0 Å². The van der Waals surface area contributed by atoms with Crippen molar-refractivity contribution in [1.82, 2.24) is 5.32 Å². The summed E-state index contributed by atoms with van der Waals surface area (Å²) < 4.78 is -0.636. The molecule has 2 heterocycles. The van der Waals surface area contributed by atoms with Crippen molar-refractivity contribution in [1.29, 1.82) is 0 Å². The van der Waals surface area contributed by atoms with Gasteiger partial charge in [0.1, 0.15) is 13.1 Å². The van der Waals surface area contributed by atoms with Crippen LogP contribution in [0.25, 0.3) is 0 Å². The van der Waals surface area contributed by atoms with Crippen LogP contribution in [0.4, 0.5) is 5.69 Å². The molecule has 3 N–H and O–H groups in total. The van der Waals surface area contributed by atoms with E-state index in [0.717, 1.165) is 11.1 Å². The summed E-state index contributed by atoms with van der Waals surface area (Å²) in [5, 5.41) is 15.1. The topological polar surface area (TPSA) is 95.2 Å². The van der Waals surface area contributed by atoms with Crippen LogP contribution in [-0.4, -0.2) is 22.5 Å². The van der Waals surface area contributed by atoms with Crippen LogP contribution in [-0.2, 0) is 22.7 Å². The van der Waals surface area contributed by atoms with E-state index < -0.39 is 16.6 Å². The lowest BCUT2D eigenvalue weighted by molar-refractivity contribution is -0.916. The summed E-state index contributed by atoms with van der Waals surface area (Å²) in [5.41, 5.74) is 8.21. The van der Waals surface area contributed by atoms with E-state index in [9.17, 15) is 14.8 Å². The van der Waals surface area contributed by atoms with E-state index in [1.165, 1.54) is 0 Å². The second kappa shape index (κ2) is 4.04. The number of fused-ring (bicyclic) bond motifs is 1. The fourth-order valence-electron chi connectivity index (χ4n) is 2.96. The quantitative estimate of drug-likeness (QED) is 0.331. The number of nitrogens with one attached hydrogen (secondary N) is 1. The molecule has 2 aliphatic rings. The van der Waals surface area contributed by atoms with Crippen LogP contribution in [0.5, 0.6) is 0 Å². The Morgan fingerprint density at radius 3 is 2.79 bits per heavy atom. The molecule has 100 valence electrons. The van der Waals surface area contributed by atoms with Crippen molar-refractivity contribution >= 4 is 17.5 Å². The van der Waals surface area contributed by atoms with E-state index in [0.29, 0.717) is 12.1 Å². The molecule has 0 aromatic heterocycles. The minimum absolute atomic E-state index is 0.203. The number of carbonyl (C=O) groups is 2. The van der Waals surface area contributed by atoms with Gasteiger partial charge in [0.25, 0.3) is 5.91 Å². The molecular formula is C13H15N3O3. The first-order valence-corrected chi connectivity index (χ1v) is 6.27. The third-order valence-corrected chi connectivity index (χ3v) is 3.95. The summed E-state index contributed by atoms with van der Waals surface area (Å²) >= 11 is 0. The third kappa shape index (κ3) is 1.89. The van der Waals surface area contributed by atoms with Crippen LogP contribution in [0.3, 0.4) is 0 Å². The van der Waals surface area contributed by atoms with Gasteiger partial charge >= 0.3 is 0 Å². The molecule has 2 amide bonds. The minimum atomic E-state index is -0.718. The molecule has 2 unspecified atom stereocenters. The smallest absolute Gasteiger partial charge is 0.285 e. The molecule has 0 radical (unpaired) electrons. The molecule has 1 fully saturated rings. The lowest BCUT2D eigenvalue weighted by atomic mass is 10.0. The molecule has 19 heavy (non-hydrogen) atoms. The number of hydrogen-bond acceptors (Lipinski definition) is 4. The van der Waals surface area contributed by atoms with Gasteiger partial charge in [-0.3, -0.25) is 14.9 Å². The molecule has 1 aromatic rings. The highest BCUT2D eigenvalue weighted by Gasteiger charge is 2.43. The Morgan fingerprint density at radius 1 is 1.32 bits per heavy atom. The number of hydroxylamine groups is 3. The number of nitrogens with two attached hydrogens (primary N) is 1. The number of anilines is 1. The minimum Gasteiger partial charge on any atom is -0.632 e. The SMILES string of the molecule is Nc1cccc2c1C[N+]([O-])(C1CCC(=O)NC1=O)C2. The lowest BCUT2D eigenvalue weighted by Gasteiger charge is -2.45. The second-order valence-electron chi connectivity index (χ2n) is 5.22. The highest BCUT2D eigenvalue weighted by Crippen LogP contribution is 2.36. The standard InChI is InChI=1S/C13H15N3O3/c14-10-3-1-2-8-6-16(19,7-9(8)10)11-4-5-12(17)15-13(11)18/h1-3,11H,4-7,14H2,(H,15,17,18). The molecule has 2 aliphatic heterocycles. The number of piperidine rings is 1. The maximum atomic E-state index is 12.9. The summed E-state index contributed by atoms with van der Waals surface area (Å²) in [6.07, 6.45) is 0.534. The number of rotatable bonds is 1. The summed E-state index contributed by atoms with van der Waals surface area (Å²) in [6, 6.07) is 4.73. The van der Waals surface area contributed by atoms with Crippen molar-refractivity contribution in [3.05, 3.63) is 34.5 Å².